The van der Waals surface area contributed by atoms with Gasteiger partial charge in [0, 0.05) is 0 Å². The molecule has 0 saturated heterocycles. The molecule has 0 aliphatic rings. The lowest BCUT2D eigenvalue weighted by molar-refractivity contribution is 0.475. The highest BCUT2D eigenvalue weighted by Gasteiger charge is 2.05. The first-order valence-electron chi connectivity index (χ1n) is 5.74. The third-order valence-corrected chi connectivity index (χ3v) is 2.57. The number of H-pyrrole nitrogens is 2. The number of aromatic amines is 2. The van der Waals surface area contributed by atoms with Gasteiger partial charge in [0.25, 0.3) is 5.56 Å². The second-order valence-corrected chi connectivity index (χ2v) is 3.98. The molecule has 0 saturated carbocycles. The number of rotatable bonds is 3. The molecule has 0 bridgehead atoms. The van der Waals surface area contributed by atoms with Crippen molar-refractivity contribution in [2.75, 3.05) is 5.43 Å². The number of aromatic nitrogens is 4. The number of phenolic OH excluding ortho intramolecular Hbond substituents is 1. The summed E-state index contributed by atoms with van der Waals surface area (Å²) < 4.78 is 0. The van der Waals surface area contributed by atoms with E-state index < -0.39 is 0 Å². The van der Waals surface area contributed by atoms with Crippen molar-refractivity contribution in [3.63, 3.8) is 0 Å². The van der Waals surface area contributed by atoms with Crippen molar-refractivity contribution < 1.29 is 5.11 Å². The maximum absolute atomic E-state index is 11.5. The Morgan fingerprint density at radius 1 is 1.30 bits per heavy atom. The molecule has 3 rings (SSSR count). The fourth-order valence-corrected chi connectivity index (χ4v) is 1.62. The molecule has 0 amide bonds. The van der Waals surface area contributed by atoms with Gasteiger partial charge in [0.1, 0.15) is 5.75 Å². The van der Waals surface area contributed by atoms with Gasteiger partial charge in [0.15, 0.2) is 11.2 Å². The van der Waals surface area contributed by atoms with Gasteiger partial charge < -0.3 is 15.1 Å². The van der Waals surface area contributed by atoms with Crippen LogP contribution in [0.25, 0.3) is 11.2 Å². The number of fused-ring (bicyclic) bond motifs is 1. The molecule has 0 aliphatic carbocycles. The lowest BCUT2D eigenvalue weighted by Crippen LogP contribution is -2.05. The predicted molar refractivity (Wildman–Crippen MR) is 73.8 cm³/mol. The Labute approximate surface area is 112 Å². The molecule has 1 aromatic carbocycles. The average Bonchev–Trinajstić information content (AvgIpc) is 2.85. The SMILES string of the molecule is O=c1[nH]cnc2nc(N/N=C/c3ccc(O)cc3)[nH]c12. The van der Waals surface area contributed by atoms with Gasteiger partial charge >= 0.3 is 0 Å². The van der Waals surface area contributed by atoms with Gasteiger partial charge in [-0.3, -0.25) is 4.79 Å². The highest BCUT2D eigenvalue weighted by Crippen LogP contribution is 2.09. The first-order chi connectivity index (χ1) is 9.72. The summed E-state index contributed by atoms with van der Waals surface area (Å²) >= 11 is 0. The number of nitrogens with one attached hydrogen (secondary N) is 3. The van der Waals surface area contributed by atoms with Gasteiger partial charge in [-0.25, -0.2) is 10.4 Å². The Hall–Kier alpha value is -3.16. The Balaban J connectivity index is 1.78. The van der Waals surface area contributed by atoms with Crippen LogP contribution in [0.5, 0.6) is 5.75 Å². The van der Waals surface area contributed by atoms with E-state index in [0.717, 1.165) is 5.56 Å². The fourth-order valence-electron chi connectivity index (χ4n) is 1.62. The average molecular weight is 270 g/mol. The zero-order valence-electron chi connectivity index (χ0n) is 10.2. The maximum Gasteiger partial charge on any atom is 0.276 e. The standard InChI is InChI=1S/C12H10N6O2/c19-8-3-1-7(2-4-8)5-15-18-12-16-9-10(17-12)13-6-14-11(9)20/h1-6,19H,(H3,13,14,16,17,18,20)/b15-5+. The zero-order chi connectivity index (χ0) is 13.9. The van der Waals surface area contributed by atoms with Crippen LogP contribution in [-0.4, -0.2) is 31.3 Å². The molecular weight excluding hydrogens is 260 g/mol. The summed E-state index contributed by atoms with van der Waals surface area (Å²) in [7, 11) is 0. The molecule has 0 spiro atoms. The Bertz CT molecular complexity index is 818. The van der Waals surface area contributed by atoms with Gasteiger partial charge in [-0.05, 0) is 29.8 Å². The minimum atomic E-state index is -0.293. The van der Waals surface area contributed by atoms with Crippen molar-refractivity contribution >= 4 is 23.3 Å². The number of hydrogen-bond donors (Lipinski definition) is 4. The fraction of sp³-hybridized carbons (Fsp3) is 0. The van der Waals surface area contributed by atoms with Crippen LogP contribution in [0.2, 0.25) is 0 Å². The molecule has 0 fully saturated rings. The number of anilines is 1. The van der Waals surface area contributed by atoms with Crippen LogP contribution in [0.3, 0.4) is 0 Å². The number of imidazole rings is 1. The van der Waals surface area contributed by atoms with E-state index in [1.165, 1.54) is 6.33 Å². The predicted octanol–water partition coefficient (Wildman–Crippen LogP) is 0.798. The van der Waals surface area contributed by atoms with Crippen LogP contribution in [0.1, 0.15) is 5.56 Å². The number of hydrogen-bond acceptors (Lipinski definition) is 6. The summed E-state index contributed by atoms with van der Waals surface area (Å²) in [4.78, 5) is 24.7. The van der Waals surface area contributed by atoms with Gasteiger partial charge in [-0.15, -0.1) is 0 Å². The van der Waals surface area contributed by atoms with Crippen molar-refractivity contribution in [1.82, 2.24) is 19.9 Å². The summed E-state index contributed by atoms with van der Waals surface area (Å²) in [5.41, 5.74) is 3.79. The van der Waals surface area contributed by atoms with Crippen LogP contribution in [0, 0.1) is 0 Å². The molecule has 8 heteroatoms. The monoisotopic (exact) mass is 270 g/mol. The molecule has 8 nitrogen and oxygen atoms in total. The summed E-state index contributed by atoms with van der Waals surface area (Å²) in [6.07, 6.45) is 2.85. The lowest BCUT2D eigenvalue weighted by atomic mass is 10.2. The molecule has 0 unspecified atom stereocenters. The summed E-state index contributed by atoms with van der Waals surface area (Å²) in [6.45, 7) is 0. The van der Waals surface area contributed by atoms with E-state index >= 15 is 0 Å². The molecule has 2 aromatic heterocycles. The molecule has 3 aromatic rings. The Morgan fingerprint density at radius 2 is 2.10 bits per heavy atom. The first-order valence-corrected chi connectivity index (χ1v) is 5.74. The largest absolute Gasteiger partial charge is 0.508 e. The van der Waals surface area contributed by atoms with E-state index in [0.29, 0.717) is 11.6 Å². The van der Waals surface area contributed by atoms with Crippen molar-refractivity contribution in [3.05, 3.63) is 46.5 Å². The molecular formula is C12H10N6O2. The van der Waals surface area contributed by atoms with Crippen molar-refractivity contribution in [3.8, 4) is 5.75 Å². The van der Waals surface area contributed by atoms with Crippen LogP contribution < -0.4 is 11.0 Å². The summed E-state index contributed by atoms with van der Waals surface area (Å²) in [5.74, 6) is 0.511. The lowest BCUT2D eigenvalue weighted by Gasteiger charge is -1.94. The molecule has 4 N–H and O–H groups in total. The topological polar surface area (TPSA) is 119 Å². The molecule has 100 valence electrons. The van der Waals surface area contributed by atoms with Crippen LogP contribution in [-0.2, 0) is 0 Å². The first kappa shape index (κ1) is 11.9. The van der Waals surface area contributed by atoms with E-state index in [4.69, 9.17) is 5.11 Å². The summed E-state index contributed by atoms with van der Waals surface area (Å²) in [6, 6.07) is 6.55. The van der Waals surface area contributed by atoms with Crippen LogP contribution >= 0.6 is 0 Å². The number of hydrazone groups is 1. The van der Waals surface area contributed by atoms with E-state index in [-0.39, 0.29) is 16.8 Å². The van der Waals surface area contributed by atoms with E-state index in [9.17, 15) is 4.79 Å². The third kappa shape index (κ3) is 2.34. The molecule has 0 radical (unpaired) electrons. The molecule has 0 aliphatic heterocycles. The van der Waals surface area contributed by atoms with Gasteiger partial charge in [-0.2, -0.15) is 10.1 Å². The van der Waals surface area contributed by atoms with Crippen LogP contribution in [0.4, 0.5) is 5.95 Å². The number of nitrogens with zero attached hydrogens (tertiary/aromatic N) is 3. The zero-order valence-corrected chi connectivity index (χ0v) is 10.2. The number of aromatic hydroxyl groups is 1. The number of phenols is 1. The third-order valence-electron chi connectivity index (χ3n) is 2.57. The quantitative estimate of drug-likeness (QED) is 0.414. The van der Waals surface area contributed by atoms with E-state index in [1.54, 1.807) is 30.5 Å². The second kappa shape index (κ2) is 4.84. The Kier molecular flexibility index (Phi) is 2.88. The minimum Gasteiger partial charge on any atom is -0.508 e. The van der Waals surface area contributed by atoms with Crippen molar-refractivity contribution in [1.29, 1.82) is 0 Å². The van der Waals surface area contributed by atoms with Gasteiger partial charge in [0.2, 0.25) is 5.95 Å². The van der Waals surface area contributed by atoms with E-state index in [1.807, 2.05) is 0 Å². The van der Waals surface area contributed by atoms with Gasteiger partial charge in [-0.1, -0.05) is 0 Å². The maximum atomic E-state index is 11.5. The Morgan fingerprint density at radius 3 is 2.85 bits per heavy atom. The summed E-state index contributed by atoms with van der Waals surface area (Å²) in [5, 5.41) is 13.1. The minimum absolute atomic E-state index is 0.192. The highest BCUT2D eigenvalue weighted by molar-refractivity contribution is 5.80. The molecule has 20 heavy (non-hydrogen) atoms. The normalized spacial score (nSPS) is 11.2. The highest BCUT2D eigenvalue weighted by atomic mass is 16.3. The van der Waals surface area contributed by atoms with Crippen LogP contribution in [0.15, 0.2) is 40.5 Å². The molecule has 2 heterocycles. The van der Waals surface area contributed by atoms with Gasteiger partial charge in [0.05, 0.1) is 12.5 Å². The van der Waals surface area contributed by atoms with E-state index in [2.05, 4.69) is 30.5 Å². The van der Waals surface area contributed by atoms with Crippen molar-refractivity contribution in [2.24, 2.45) is 5.10 Å². The number of benzene rings is 1. The van der Waals surface area contributed by atoms with Crippen molar-refractivity contribution in [2.45, 2.75) is 0 Å². The molecule has 0 atom stereocenters. The second-order valence-electron chi connectivity index (χ2n) is 3.98. The smallest absolute Gasteiger partial charge is 0.276 e.